The SMILES string of the molecule is CCCC(NCc1ccc(S(N)(=O)=O)o1)c1cccs1. The van der Waals surface area contributed by atoms with Crippen molar-refractivity contribution in [3.8, 4) is 0 Å². The summed E-state index contributed by atoms with van der Waals surface area (Å²) in [5.41, 5.74) is 0. The average Bonchev–Trinajstić information content (AvgIpc) is 3.04. The van der Waals surface area contributed by atoms with Crippen LogP contribution in [-0.4, -0.2) is 8.42 Å². The molecule has 7 heteroatoms. The van der Waals surface area contributed by atoms with Gasteiger partial charge in [0.25, 0.3) is 10.0 Å². The van der Waals surface area contributed by atoms with Crippen LogP contribution >= 0.6 is 11.3 Å². The van der Waals surface area contributed by atoms with Crippen molar-refractivity contribution in [3.05, 3.63) is 40.3 Å². The Balaban J connectivity index is 2.01. The monoisotopic (exact) mass is 314 g/mol. The van der Waals surface area contributed by atoms with Gasteiger partial charge >= 0.3 is 0 Å². The summed E-state index contributed by atoms with van der Waals surface area (Å²) < 4.78 is 27.5. The molecule has 2 heterocycles. The van der Waals surface area contributed by atoms with E-state index in [1.54, 1.807) is 17.4 Å². The molecule has 0 saturated heterocycles. The van der Waals surface area contributed by atoms with E-state index in [9.17, 15) is 8.42 Å². The number of primary sulfonamides is 1. The number of nitrogens with one attached hydrogen (secondary N) is 1. The second-order valence-electron chi connectivity index (χ2n) is 4.50. The lowest BCUT2D eigenvalue weighted by Crippen LogP contribution is -2.19. The van der Waals surface area contributed by atoms with Gasteiger partial charge in [-0.25, -0.2) is 13.6 Å². The molecular formula is C13H18N2O3S2. The summed E-state index contributed by atoms with van der Waals surface area (Å²) in [4.78, 5) is 1.27. The van der Waals surface area contributed by atoms with E-state index in [0.29, 0.717) is 12.3 Å². The third kappa shape index (κ3) is 3.92. The Hall–Kier alpha value is -1.15. The largest absolute Gasteiger partial charge is 0.447 e. The minimum absolute atomic E-state index is 0.197. The molecule has 0 amide bonds. The van der Waals surface area contributed by atoms with Gasteiger partial charge in [0.05, 0.1) is 6.54 Å². The highest BCUT2D eigenvalue weighted by molar-refractivity contribution is 7.89. The van der Waals surface area contributed by atoms with E-state index in [-0.39, 0.29) is 11.1 Å². The summed E-state index contributed by atoms with van der Waals surface area (Å²) in [6.07, 6.45) is 2.08. The number of furan rings is 1. The Labute approximate surface area is 122 Å². The summed E-state index contributed by atoms with van der Waals surface area (Å²) in [5.74, 6) is 0.562. The quantitative estimate of drug-likeness (QED) is 0.822. The third-order valence-corrected chi connectivity index (χ3v) is 4.67. The summed E-state index contributed by atoms with van der Waals surface area (Å²) >= 11 is 1.71. The van der Waals surface area contributed by atoms with E-state index in [0.717, 1.165) is 12.8 Å². The van der Waals surface area contributed by atoms with Gasteiger partial charge in [0, 0.05) is 10.9 Å². The molecule has 5 nitrogen and oxygen atoms in total. The number of hydrogen-bond acceptors (Lipinski definition) is 5. The van der Waals surface area contributed by atoms with Gasteiger partial charge < -0.3 is 9.73 Å². The van der Waals surface area contributed by atoms with E-state index in [1.165, 1.54) is 10.9 Å². The molecule has 0 aromatic carbocycles. The van der Waals surface area contributed by atoms with Crippen molar-refractivity contribution in [2.75, 3.05) is 0 Å². The van der Waals surface area contributed by atoms with Crippen molar-refractivity contribution < 1.29 is 12.8 Å². The van der Waals surface area contributed by atoms with Crippen LogP contribution in [0.1, 0.15) is 36.4 Å². The molecule has 110 valence electrons. The summed E-state index contributed by atoms with van der Waals surface area (Å²) in [6, 6.07) is 7.38. The molecule has 3 N–H and O–H groups in total. The molecule has 2 aromatic heterocycles. The van der Waals surface area contributed by atoms with Crippen molar-refractivity contribution >= 4 is 21.4 Å². The zero-order chi connectivity index (χ0) is 14.6. The van der Waals surface area contributed by atoms with Crippen LogP contribution in [0.3, 0.4) is 0 Å². The van der Waals surface area contributed by atoms with E-state index in [2.05, 4.69) is 18.3 Å². The number of rotatable bonds is 7. The van der Waals surface area contributed by atoms with Gasteiger partial charge in [-0.1, -0.05) is 19.4 Å². The minimum atomic E-state index is -3.77. The molecule has 20 heavy (non-hydrogen) atoms. The molecule has 0 fully saturated rings. The van der Waals surface area contributed by atoms with E-state index in [4.69, 9.17) is 9.56 Å². The lowest BCUT2D eigenvalue weighted by atomic mass is 10.1. The number of thiophene rings is 1. The zero-order valence-electron chi connectivity index (χ0n) is 11.2. The summed E-state index contributed by atoms with van der Waals surface area (Å²) in [6.45, 7) is 2.60. The number of sulfonamides is 1. The minimum Gasteiger partial charge on any atom is -0.447 e. The Morgan fingerprint density at radius 1 is 1.40 bits per heavy atom. The molecule has 0 aliphatic rings. The van der Waals surface area contributed by atoms with Crippen LogP contribution in [0.25, 0.3) is 0 Å². The molecule has 0 spiro atoms. The first kappa shape index (κ1) is 15.2. The van der Waals surface area contributed by atoms with Gasteiger partial charge in [0.2, 0.25) is 5.09 Å². The smallest absolute Gasteiger partial charge is 0.271 e. The standard InChI is InChI=1S/C13H18N2O3S2/c1-2-4-11(12-5-3-8-19-12)15-9-10-6-7-13(18-10)20(14,16)17/h3,5-8,11,15H,2,4,9H2,1H3,(H2,14,16,17). The fourth-order valence-electron chi connectivity index (χ4n) is 1.95. The fourth-order valence-corrected chi connectivity index (χ4v) is 3.27. The van der Waals surface area contributed by atoms with E-state index in [1.807, 2.05) is 11.4 Å². The predicted molar refractivity (Wildman–Crippen MR) is 78.9 cm³/mol. The Morgan fingerprint density at radius 3 is 2.75 bits per heavy atom. The summed E-state index contributed by atoms with van der Waals surface area (Å²) in [7, 11) is -3.77. The molecule has 0 aliphatic heterocycles. The van der Waals surface area contributed by atoms with Crippen molar-refractivity contribution in [2.45, 2.75) is 37.4 Å². The lowest BCUT2D eigenvalue weighted by molar-refractivity contribution is 0.385. The Kier molecular flexibility index (Phi) is 4.98. The highest BCUT2D eigenvalue weighted by Crippen LogP contribution is 2.24. The van der Waals surface area contributed by atoms with E-state index >= 15 is 0 Å². The fraction of sp³-hybridized carbons (Fsp3) is 0.385. The first-order valence-corrected chi connectivity index (χ1v) is 8.81. The maximum absolute atomic E-state index is 11.1. The molecule has 2 aromatic rings. The van der Waals surface area contributed by atoms with Crippen LogP contribution < -0.4 is 10.5 Å². The van der Waals surface area contributed by atoms with E-state index < -0.39 is 10.0 Å². The highest BCUT2D eigenvalue weighted by Gasteiger charge is 2.15. The van der Waals surface area contributed by atoms with Crippen molar-refractivity contribution in [3.63, 3.8) is 0 Å². The van der Waals surface area contributed by atoms with Crippen molar-refractivity contribution in [2.24, 2.45) is 5.14 Å². The van der Waals surface area contributed by atoms with Gasteiger partial charge in [-0.15, -0.1) is 11.3 Å². The predicted octanol–water partition coefficient (Wildman–Crippen LogP) is 2.62. The molecule has 0 bridgehead atoms. The van der Waals surface area contributed by atoms with Crippen LogP contribution in [0.4, 0.5) is 0 Å². The molecule has 0 saturated carbocycles. The maximum Gasteiger partial charge on any atom is 0.271 e. The lowest BCUT2D eigenvalue weighted by Gasteiger charge is -2.15. The summed E-state index contributed by atoms with van der Waals surface area (Å²) in [5, 5.41) is 10.2. The molecule has 1 unspecified atom stereocenters. The van der Waals surface area contributed by atoms with Gasteiger partial charge in [-0.05, 0) is 30.0 Å². The topological polar surface area (TPSA) is 85.3 Å². The number of hydrogen-bond donors (Lipinski definition) is 2. The van der Waals surface area contributed by atoms with Crippen LogP contribution in [0, 0.1) is 0 Å². The maximum atomic E-state index is 11.1. The van der Waals surface area contributed by atoms with Crippen molar-refractivity contribution in [1.82, 2.24) is 5.32 Å². The van der Waals surface area contributed by atoms with Gasteiger partial charge in [-0.2, -0.15) is 0 Å². The molecular weight excluding hydrogens is 296 g/mol. The second kappa shape index (κ2) is 6.53. The zero-order valence-corrected chi connectivity index (χ0v) is 12.8. The highest BCUT2D eigenvalue weighted by atomic mass is 32.2. The van der Waals surface area contributed by atoms with Gasteiger partial charge in [0.15, 0.2) is 0 Å². The second-order valence-corrected chi connectivity index (χ2v) is 6.97. The van der Waals surface area contributed by atoms with Gasteiger partial charge in [-0.3, -0.25) is 0 Å². The molecule has 0 radical (unpaired) electrons. The molecule has 0 aliphatic carbocycles. The normalized spacial score (nSPS) is 13.5. The van der Waals surface area contributed by atoms with Crippen molar-refractivity contribution in [1.29, 1.82) is 0 Å². The van der Waals surface area contributed by atoms with Crippen LogP contribution in [0.2, 0.25) is 0 Å². The molecule has 1 atom stereocenters. The molecule has 2 rings (SSSR count). The Morgan fingerprint density at radius 2 is 2.20 bits per heavy atom. The first-order chi connectivity index (χ1) is 9.50. The Bertz CT molecular complexity index is 632. The number of nitrogens with two attached hydrogens (primary N) is 1. The first-order valence-electron chi connectivity index (χ1n) is 6.39. The third-order valence-electron chi connectivity index (χ3n) is 2.90. The van der Waals surface area contributed by atoms with Crippen LogP contribution in [0.5, 0.6) is 0 Å². The van der Waals surface area contributed by atoms with Gasteiger partial charge in [0.1, 0.15) is 5.76 Å². The van der Waals surface area contributed by atoms with Crippen LogP contribution in [0.15, 0.2) is 39.2 Å². The van der Waals surface area contributed by atoms with Crippen LogP contribution in [-0.2, 0) is 16.6 Å². The average molecular weight is 314 g/mol.